The van der Waals surface area contributed by atoms with Gasteiger partial charge in [-0.2, -0.15) is 0 Å². The zero-order valence-corrected chi connectivity index (χ0v) is 8.94. The van der Waals surface area contributed by atoms with Crippen molar-refractivity contribution in [2.24, 2.45) is 0 Å². The summed E-state index contributed by atoms with van der Waals surface area (Å²) in [5.74, 6) is 0.869. The van der Waals surface area contributed by atoms with E-state index in [1.807, 2.05) is 6.07 Å². The number of hydrogen-bond donors (Lipinski definition) is 1. The highest BCUT2D eigenvalue weighted by molar-refractivity contribution is 6.41. The second-order valence-corrected chi connectivity index (χ2v) is 4.47. The summed E-state index contributed by atoms with van der Waals surface area (Å²) in [6.07, 6.45) is 1.16. The minimum absolute atomic E-state index is 0.375. The Labute approximate surface area is 92.0 Å². The van der Waals surface area contributed by atoms with Crippen molar-refractivity contribution in [3.05, 3.63) is 16.2 Å². The van der Waals surface area contributed by atoms with Gasteiger partial charge in [-0.3, -0.25) is 0 Å². The molecule has 0 spiro atoms. The van der Waals surface area contributed by atoms with Crippen LogP contribution in [0.25, 0.3) is 0 Å². The number of halogens is 2. The van der Waals surface area contributed by atoms with Gasteiger partial charge in [-0.25, -0.2) is 4.98 Å². The van der Waals surface area contributed by atoms with Gasteiger partial charge in [-0.05, 0) is 12.5 Å². The SMILES string of the molecule is Clc1cc2c(nc1Cl)N[C@H]1CCN2C1. The number of aromatic nitrogens is 1. The van der Waals surface area contributed by atoms with Crippen molar-refractivity contribution in [1.29, 1.82) is 0 Å². The maximum absolute atomic E-state index is 5.93. The Kier molecular flexibility index (Phi) is 1.79. The molecule has 2 bridgehead atoms. The molecular formula is C9H9Cl2N3. The molecule has 2 aliphatic rings. The first-order valence-corrected chi connectivity index (χ1v) is 5.37. The molecule has 2 aliphatic heterocycles. The molecule has 1 N–H and O–H groups in total. The lowest BCUT2D eigenvalue weighted by Crippen LogP contribution is -2.32. The van der Waals surface area contributed by atoms with Crippen molar-refractivity contribution in [1.82, 2.24) is 4.98 Å². The Morgan fingerprint density at radius 2 is 2.36 bits per heavy atom. The lowest BCUT2D eigenvalue weighted by Gasteiger charge is -2.27. The first-order valence-electron chi connectivity index (χ1n) is 4.61. The highest BCUT2D eigenvalue weighted by atomic mass is 35.5. The molecule has 0 radical (unpaired) electrons. The average molecular weight is 230 g/mol. The zero-order chi connectivity index (χ0) is 9.71. The third kappa shape index (κ3) is 1.16. The van der Waals surface area contributed by atoms with Crippen LogP contribution in [-0.4, -0.2) is 24.1 Å². The van der Waals surface area contributed by atoms with E-state index in [0.717, 1.165) is 31.0 Å². The number of nitrogens with one attached hydrogen (secondary N) is 1. The molecule has 1 atom stereocenters. The lowest BCUT2D eigenvalue weighted by molar-refractivity contribution is 0.788. The quantitative estimate of drug-likeness (QED) is 0.693. The van der Waals surface area contributed by atoms with Gasteiger partial charge in [0, 0.05) is 19.1 Å². The minimum Gasteiger partial charge on any atom is -0.366 e. The Hall–Kier alpha value is -0.670. The first-order chi connectivity index (χ1) is 6.74. The topological polar surface area (TPSA) is 28.2 Å². The van der Waals surface area contributed by atoms with E-state index in [1.54, 1.807) is 0 Å². The fourth-order valence-corrected chi connectivity index (χ4v) is 2.38. The molecule has 1 aromatic heterocycles. The third-order valence-corrected chi connectivity index (χ3v) is 3.46. The number of nitrogens with zero attached hydrogens (tertiary/aromatic N) is 2. The van der Waals surface area contributed by atoms with Crippen LogP contribution in [0.4, 0.5) is 11.5 Å². The molecule has 1 fully saturated rings. The number of rotatable bonds is 0. The molecule has 0 amide bonds. The van der Waals surface area contributed by atoms with E-state index in [2.05, 4.69) is 15.2 Å². The summed E-state index contributed by atoms with van der Waals surface area (Å²) in [7, 11) is 0. The predicted octanol–water partition coefficient (Wildman–Crippen LogP) is 2.39. The van der Waals surface area contributed by atoms with Crippen molar-refractivity contribution < 1.29 is 0 Å². The molecule has 5 heteroatoms. The molecule has 14 heavy (non-hydrogen) atoms. The van der Waals surface area contributed by atoms with E-state index < -0.39 is 0 Å². The highest BCUT2D eigenvalue weighted by Gasteiger charge is 2.31. The Bertz CT molecular complexity index is 394. The largest absolute Gasteiger partial charge is 0.366 e. The predicted molar refractivity (Wildman–Crippen MR) is 58.5 cm³/mol. The number of pyridine rings is 1. The van der Waals surface area contributed by atoms with Crippen LogP contribution in [0.5, 0.6) is 0 Å². The van der Waals surface area contributed by atoms with Crippen LogP contribution < -0.4 is 10.2 Å². The Balaban J connectivity index is 2.14. The molecule has 0 aliphatic carbocycles. The summed E-state index contributed by atoms with van der Waals surface area (Å²) in [5.41, 5.74) is 1.08. The summed E-state index contributed by atoms with van der Waals surface area (Å²) in [6.45, 7) is 2.12. The van der Waals surface area contributed by atoms with Gasteiger partial charge in [0.05, 0.1) is 10.7 Å². The van der Waals surface area contributed by atoms with Crippen LogP contribution in [0.1, 0.15) is 6.42 Å². The van der Waals surface area contributed by atoms with Crippen molar-refractivity contribution in [2.75, 3.05) is 23.3 Å². The second kappa shape index (κ2) is 2.91. The standard InChI is InChI=1S/C9H9Cl2N3/c10-6-3-7-9(13-8(6)11)12-5-1-2-14(7)4-5/h3,5H,1-2,4H2,(H,12,13)/t5-/m0/s1. The van der Waals surface area contributed by atoms with E-state index >= 15 is 0 Å². The van der Waals surface area contributed by atoms with Gasteiger partial charge in [0.15, 0.2) is 5.82 Å². The summed E-state index contributed by atoms with van der Waals surface area (Å²) >= 11 is 11.8. The van der Waals surface area contributed by atoms with Gasteiger partial charge in [0.2, 0.25) is 0 Å². The van der Waals surface area contributed by atoms with Gasteiger partial charge in [-0.1, -0.05) is 23.2 Å². The normalized spacial score (nSPS) is 23.3. The van der Waals surface area contributed by atoms with Gasteiger partial charge in [-0.15, -0.1) is 0 Å². The summed E-state index contributed by atoms with van der Waals surface area (Å²) in [6, 6.07) is 2.41. The van der Waals surface area contributed by atoms with E-state index in [1.165, 1.54) is 0 Å². The third-order valence-electron chi connectivity index (χ3n) is 2.78. The number of anilines is 2. The molecule has 74 valence electrons. The van der Waals surface area contributed by atoms with Crippen LogP contribution >= 0.6 is 23.2 Å². The Morgan fingerprint density at radius 1 is 1.50 bits per heavy atom. The lowest BCUT2D eigenvalue weighted by atomic mass is 10.2. The van der Waals surface area contributed by atoms with Crippen molar-refractivity contribution in [2.45, 2.75) is 12.5 Å². The smallest absolute Gasteiger partial charge is 0.151 e. The molecule has 1 aromatic rings. The number of fused-ring (bicyclic) bond motifs is 4. The molecule has 3 nitrogen and oxygen atoms in total. The summed E-state index contributed by atoms with van der Waals surface area (Å²) in [4.78, 5) is 6.53. The van der Waals surface area contributed by atoms with Crippen LogP contribution in [0.2, 0.25) is 10.2 Å². The number of hydrogen-bond acceptors (Lipinski definition) is 3. The van der Waals surface area contributed by atoms with Crippen LogP contribution in [0.15, 0.2) is 6.07 Å². The van der Waals surface area contributed by atoms with Gasteiger partial charge < -0.3 is 10.2 Å². The van der Waals surface area contributed by atoms with Crippen molar-refractivity contribution in [3.63, 3.8) is 0 Å². The zero-order valence-electron chi connectivity index (χ0n) is 7.43. The molecule has 0 unspecified atom stereocenters. The van der Waals surface area contributed by atoms with Crippen LogP contribution in [-0.2, 0) is 0 Å². The maximum Gasteiger partial charge on any atom is 0.151 e. The van der Waals surface area contributed by atoms with Crippen LogP contribution in [0.3, 0.4) is 0 Å². The van der Waals surface area contributed by atoms with Gasteiger partial charge >= 0.3 is 0 Å². The summed E-state index contributed by atoms with van der Waals surface area (Å²) < 4.78 is 0. The molecule has 0 aromatic carbocycles. The molecule has 0 saturated carbocycles. The molecular weight excluding hydrogens is 221 g/mol. The van der Waals surface area contributed by atoms with E-state index in [0.29, 0.717) is 16.2 Å². The fourth-order valence-electron chi connectivity index (χ4n) is 2.09. The highest BCUT2D eigenvalue weighted by Crippen LogP contribution is 2.37. The minimum atomic E-state index is 0.375. The average Bonchev–Trinajstić information content (AvgIpc) is 2.54. The Morgan fingerprint density at radius 3 is 3.21 bits per heavy atom. The monoisotopic (exact) mass is 229 g/mol. The van der Waals surface area contributed by atoms with Gasteiger partial charge in [0.1, 0.15) is 5.15 Å². The van der Waals surface area contributed by atoms with Crippen molar-refractivity contribution >= 4 is 34.7 Å². The fraction of sp³-hybridized carbons (Fsp3) is 0.444. The summed E-state index contributed by atoms with van der Waals surface area (Å²) in [5, 5.41) is 4.26. The van der Waals surface area contributed by atoms with Crippen molar-refractivity contribution in [3.8, 4) is 0 Å². The molecule has 3 rings (SSSR count). The molecule has 3 heterocycles. The van der Waals surface area contributed by atoms with Crippen LogP contribution in [0, 0.1) is 0 Å². The van der Waals surface area contributed by atoms with E-state index in [9.17, 15) is 0 Å². The second-order valence-electron chi connectivity index (χ2n) is 3.70. The van der Waals surface area contributed by atoms with E-state index in [4.69, 9.17) is 23.2 Å². The van der Waals surface area contributed by atoms with E-state index in [-0.39, 0.29) is 0 Å². The first kappa shape index (κ1) is 8.62. The molecule has 1 saturated heterocycles. The van der Waals surface area contributed by atoms with Gasteiger partial charge in [0.25, 0.3) is 0 Å². The maximum atomic E-state index is 5.93.